The lowest BCUT2D eigenvalue weighted by Gasteiger charge is -2.17. The first kappa shape index (κ1) is 15.6. The predicted molar refractivity (Wildman–Crippen MR) is 90.2 cm³/mol. The number of nitrogens with zero attached hydrogens (tertiary/aromatic N) is 2. The van der Waals surface area contributed by atoms with Crippen LogP contribution in [0.2, 0.25) is 0 Å². The molecule has 1 fully saturated rings. The highest BCUT2D eigenvalue weighted by atomic mass is 19.1. The normalized spacial score (nSPS) is 21.5. The van der Waals surface area contributed by atoms with E-state index < -0.39 is 0 Å². The first-order valence-corrected chi connectivity index (χ1v) is 8.08. The Morgan fingerprint density at radius 1 is 1.24 bits per heavy atom. The van der Waals surface area contributed by atoms with Gasteiger partial charge >= 0.3 is 0 Å². The Morgan fingerprint density at radius 3 is 2.80 bits per heavy atom. The number of hydrogen-bond donors (Lipinski definition) is 0. The number of hydrogen-bond acceptors (Lipinski definition) is 4. The van der Waals surface area contributed by atoms with Crippen molar-refractivity contribution >= 4 is 11.6 Å². The molecule has 2 aliphatic rings. The Hall–Kier alpha value is -2.89. The summed E-state index contributed by atoms with van der Waals surface area (Å²) in [4.78, 5) is 20.0. The molecule has 2 unspecified atom stereocenters. The third-order valence-electron chi connectivity index (χ3n) is 4.65. The van der Waals surface area contributed by atoms with Gasteiger partial charge in [-0.15, -0.1) is 0 Å². The van der Waals surface area contributed by atoms with Gasteiger partial charge in [-0.25, -0.2) is 4.39 Å². The maximum atomic E-state index is 13.1. The molecule has 4 rings (SSSR count). The van der Waals surface area contributed by atoms with E-state index in [9.17, 15) is 9.18 Å². The smallest absolute Gasteiger partial charge is 0.254 e. The van der Waals surface area contributed by atoms with Crippen LogP contribution in [0.5, 0.6) is 5.75 Å². The zero-order valence-corrected chi connectivity index (χ0v) is 13.7. The monoisotopic (exact) mass is 340 g/mol. The number of benzene rings is 2. The second-order valence-electron chi connectivity index (χ2n) is 6.18. The van der Waals surface area contributed by atoms with Crippen LogP contribution in [0.1, 0.15) is 15.9 Å². The molecule has 5 nitrogen and oxygen atoms in total. The van der Waals surface area contributed by atoms with Gasteiger partial charge in [-0.1, -0.05) is 23.4 Å². The number of fused-ring (bicyclic) bond motifs is 1. The van der Waals surface area contributed by atoms with Crippen LogP contribution < -0.4 is 4.74 Å². The lowest BCUT2D eigenvalue weighted by Crippen LogP contribution is -2.30. The molecule has 0 saturated carbocycles. The number of oxime groups is 1. The number of amides is 1. The Bertz CT molecular complexity index is 835. The van der Waals surface area contributed by atoms with Gasteiger partial charge in [0.1, 0.15) is 11.6 Å². The van der Waals surface area contributed by atoms with Crippen molar-refractivity contribution in [1.82, 2.24) is 4.90 Å². The average Bonchev–Trinajstić information content (AvgIpc) is 3.23. The van der Waals surface area contributed by atoms with E-state index in [0.717, 1.165) is 11.3 Å². The molecule has 128 valence electrons. The summed E-state index contributed by atoms with van der Waals surface area (Å²) >= 11 is 0. The number of likely N-dealkylation sites (tertiary alicyclic amines) is 1. The van der Waals surface area contributed by atoms with Gasteiger partial charge < -0.3 is 14.5 Å². The van der Waals surface area contributed by atoms with Gasteiger partial charge in [0.15, 0.2) is 6.10 Å². The van der Waals surface area contributed by atoms with E-state index in [1.54, 1.807) is 48.4 Å². The fraction of sp³-hybridized carbons (Fsp3) is 0.263. The lowest BCUT2D eigenvalue weighted by atomic mass is 9.95. The summed E-state index contributed by atoms with van der Waals surface area (Å²) in [5.41, 5.74) is 2.18. The largest absolute Gasteiger partial charge is 0.497 e. The van der Waals surface area contributed by atoms with Crippen LogP contribution in [0.25, 0.3) is 0 Å². The van der Waals surface area contributed by atoms with Gasteiger partial charge in [0.2, 0.25) is 0 Å². The second kappa shape index (κ2) is 6.20. The van der Waals surface area contributed by atoms with Crippen LogP contribution in [0.3, 0.4) is 0 Å². The summed E-state index contributed by atoms with van der Waals surface area (Å²) in [7, 11) is 1.57. The van der Waals surface area contributed by atoms with Gasteiger partial charge in [-0.05, 0) is 30.3 Å². The summed E-state index contributed by atoms with van der Waals surface area (Å²) in [6.07, 6.45) is -0.158. The van der Waals surface area contributed by atoms with E-state index in [0.29, 0.717) is 24.4 Å². The molecule has 1 amide bonds. The van der Waals surface area contributed by atoms with Gasteiger partial charge in [-0.3, -0.25) is 4.79 Å². The molecule has 1 saturated heterocycles. The standard InChI is InChI=1S/C19H17FN2O3/c1-24-15-4-2-3-13(9-15)19(23)22-10-16-17(11-22)25-21-18(16)12-5-7-14(20)8-6-12/h2-9,16-17H,10-11H2,1H3. The minimum Gasteiger partial charge on any atom is -0.497 e. The molecule has 2 atom stereocenters. The van der Waals surface area contributed by atoms with Gasteiger partial charge in [-0.2, -0.15) is 0 Å². The molecule has 0 N–H and O–H groups in total. The number of carbonyl (C=O) groups excluding carboxylic acids is 1. The summed E-state index contributed by atoms with van der Waals surface area (Å²) in [5.74, 6) is 0.298. The van der Waals surface area contributed by atoms with Crippen molar-refractivity contribution in [1.29, 1.82) is 0 Å². The maximum absolute atomic E-state index is 13.1. The zero-order chi connectivity index (χ0) is 17.4. The summed E-state index contributed by atoms with van der Waals surface area (Å²) < 4.78 is 18.3. The molecule has 0 bridgehead atoms. The van der Waals surface area contributed by atoms with Crippen molar-refractivity contribution in [2.24, 2.45) is 11.1 Å². The molecule has 0 aromatic heterocycles. The van der Waals surface area contributed by atoms with Crippen LogP contribution in [0.4, 0.5) is 4.39 Å². The minimum absolute atomic E-state index is 0.0000176. The van der Waals surface area contributed by atoms with Crippen molar-refractivity contribution in [2.45, 2.75) is 6.10 Å². The molecule has 25 heavy (non-hydrogen) atoms. The molecule has 0 spiro atoms. The molecular weight excluding hydrogens is 323 g/mol. The van der Waals surface area contributed by atoms with E-state index in [1.165, 1.54) is 12.1 Å². The number of ether oxygens (including phenoxy) is 1. The molecule has 6 heteroatoms. The van der Waals surface area contributed by atoms with Crippen molar-refractivity contribution < 1.29 is 18.8 Å². The lowest BCUT2D eigenvalue weighted by molar-refractivity contribution is 0.0631. The van der Waals surface area contributed by atoms with Crippen LogP contribution in [0.15, 0.2) is 53.7 Å². The van der Waals surface area contributed by atoms with Gasteiger partial charge in [0.25, 0.3) is 5.91 Å². The number of rotatable bonds is 3. The average molecular weight is 340 g/mol. The van der Waals surface area contributed by atoms with Gasteiger partial charge in [0.05, 0.1) is 25.3 Å². The molecule has 2 aromatic rings. The Morgan fingerprint density at radius 2 is 2.04 bits per heavy atom. The SMILES string of the molecule is COc1cccc(C(=O)N2CC3ON=C(c4ccc(F)cc4)C3C2)c1. The van der Waals surface area contributed by atoms with E-state index in [1.807, 2.05) is 0 Å². The topological polar surface area (TPSA) is 51.1 Å². The summed E-state index contributed by atoms with van der Waals surface area (Å²) in [6.45, 7) is 1.01. The van der Waals surface area contributed by atoms with Crippen molar-refractivity contribution in [2.75, 3.05) is 20.2 Å². The summed E-state index contributed by atoms with van der Waals surface area (Å²) in [5, 5.41) is 4.15. The third kappa shape index (κ3) is 2.84. The number of halogens is 1. The Kier molecular flexibility index (Phi) is 3.87. The van der Waals surface area contributed by atoms with Gasteiger partial charge in [0, 0.05) is 17.7 Å². The van der Waals surface area contributed by atoms with E-state index in [-0.39, 0.29) is 23.7 Å². The highest BCUT2D eigenvalue weighted by Gasteiger charge is 2.44. The highest BCUT2D eigenvalue weighted by molar-refractivity contribution is 6.04. The van der Waals surface area contributed by atoms with Crippen LogP contribution in [0, 0.1) is 11.7 Å². The molecule has 0 aliphatic carbocycles. The second-order valence-corrected chi connectivity index (χ2v) is 6.18. The quantitative estimate of drug-likeness (QED) is 0.863. The summed E-state index contributed by atoms with van der Waals surface area (Å²) in [6, 6.07) is 13.3. The highest BCUT2D eigenvalue weighted by Crippen LogP contribution is 2.31. The molecule has 2 aliphatic heterocycles. The Balaban J connectivity index is 1.52. The Labute approximate surface area is 144 Å². The molecular formula is C19H17FN2O3. The fourth-order valence-electron chi connectivity index (χ4n) is 3.33. The molecule has 2 heterocycles. The van der Waals surface area contributed by atoms with E-state index >= 15 is 0 Å². The molecule has 2 aromatic carbocycles. The third-order valence-corrected chi connectivity index (χ3v) is 4.65. The maximum Gasteiger partial charge on any atom is 0.254 e. The van der Waals surface area contributed by atoms with Crippen LogP contribution >= 0.6 is 0 Å². The predicted octanol–water partition coefficient (Wildman–Crippen LogP) is 2.71. The van der Waals surface area contributed by atoms with Crippen molar-refractivity contribution in [3.63, 3.8) is 0 Å². The number of methoxy groups -OCH3 is 1. The van der Waals surface area contributed by atoms with E-state index in [4.69, 9.17) is 9.57 Å². The van der Waals surface area contributed by atoms with Crippen LogP contribution in [-0.4, -0.2) is 42.8 Å². The first-order valence-electron chi connectivity index (χ1n) is 8.08. The van der Waals surface area contributed by atoms with Crippen LogP contribution in [-0.2, 0) is 4.84 Å². The minimum atomic E-state index is -0.291. The van der Waals surface area contributed by atoms with Crippen molar-refractivity contribution in [3.8, 4) is 5.75 Å². The van der Waals surface area contributed by atoms with E-state index in [2.05, 4.69) is 5.16 Å². The fourth-order valence-corrected chi connectivity index (χ4v) is 3.33. The molecule has 0 radical (unpaired) electrons. The first-order chi connectivity index (χ1) is 12.2. The number of carbonyl (C=O) groups is 1. The zero-order valence-electron chi connectivity index (χ0n) is 13.7. The van der Waals surface area contributed by atoms with Crippen molar-refractivity contribution in [3.05, 3.63) is 65.5 Å².